The number of benzene rings is 2. The Labute approximate surface area is 116 Å². The second-order valence-corrected chi connectivity index (χ2v) is 5.14. The van der Waals surface area contributed by atoms with Crippen LogP contribution in [0.2, 0.25) is 0 Å². The molecule has 0 aromatic heterocycles. The van der Waals surface area contributed by atoms with Crippen molar-refractivity contribution in [1.82, 2.24) is 0 Å². The summed E-state index contributed by atoms with van der Waals surface area (Å²) in [6.45, 7) is 4.36. The molecular formula is C18H23N. The minimum absolute atomic E-state index is 0.373. The molecule has 0 bridgehead atoms. The quantitative estimate of drug-likeness (QED) is 0.847. The first kappa shape index (κ1) is 13.8. The summed E-state index contributed by atoms with van der Waals surface area (Å²) in [5, 5.41) is 0. The molecule has 0 aliphatic heterocycles. The highest BCUT2D eigenvalue weighted by Crippen LogP contribution is 2.31. The number of nitrogens with two attached hydrogens (primary N) is 1. The lowest BCUT2D eigenvalue weighted by molar-refractivity contribution is 0.485. The molecule has 0 radical (unpaired) electrons. The van der Waals surface area contributed by atoms with Crippen LogP contribution in [0.1, 0.15) is 43.4 Å². The van der Waals surface area contributed by atoms with Gasteiger partial charge in [-0.25, -0.2) is 0 Å². The van der Waals surface area contributed by atoms with Crippen molar-refractivity contribution in [3.05, 3.63) is 71.3 Å². The fourth-order valence-electron chi connectivity index (χ4n) is 2.62. The van der Waals surface area contributed by atoms with Gasteiger partial charge in [-0.2, -0.15) is 0 Å². The van der Waals surface area contributed by atoms with Crippen LogP contribution in [0.4, 0.5) is 0 Å². The van der Waals surface area contributed by atoms with Gasteiger partial charge in [-0.1, -0.05) is 74.9 Å². The zero-order chi connectivity index (χ0) is 13.7. The molecule has 0 saturated carbocycles. The molecule has 1 heteroatoms. The number of aryl methyl sites for hydroxylation is 1. The van der Waals surface area contributed by atoms with Gasteiger partial charge >= 0.3 is 0 Å². The van der Waals surface area contributed by atoms with Gasteiger partial charge in [0.25, 0.3) is 0 Å². The number of hydrogen-bond acceptors (Lipinski definition) is 1. The second-order valence-electron chi connectivity index (χ2n) is 5.14. The second kappa shape index (κ2) is 6.03. The molecule has 19 heavy (non-hydrogen) atoms. The lowest BCUT2D eigenvalue weighted by atomic mass is 9.80. The SMILES string of the molecule is CCCC(N)(c1ccccc1)c1ccc(CC)cc1. The molecule has 0 saturated heterocycles. The van der Waals surface area contributed by atoms with Crippen LogP contribution in [0.3, 0.4) is 0 Å². The molecule has 2 aromatic carbocycles. The average Bonchev–Trinajstić information content (AvgIpc) is 2.48. The Kier molecular flexibility index (Phi) is 4.39. The van der Waals surface area contributed by atoms with Crippen molar-refractivity contribution in [1.29, 1.82) is 0 Å². The van der Waals surface area contributed by atoms with E-state index in [-0.39, 0.29) is 5.54 Å². The Bertz CT molecular complexity index is 501. The van der Waals surface area contributed by atoms with Crippen molar-refractivity contribution in [3.63, 3.8) is 0 Å². The van der Waals surface area contributed by atoms with Crippen LogP contribution in [0.5, 0.6) is 0 Å². The van der Waals surface area contributed by atoms with Gasteiger partial charge in [0.2, 0.25) is 0 Å². The molecule has 100 valence electrons. The van der Waals surface area contributed by atoms with E-state index < -0.39 is 0 Å². The Morgan fingerprint density at radius 2 is 1.42 bits per heavy atom. The maximum absolute atomic E-state index is 6.74. The summed E-state index contributed by atoms with van der Waals surface area (Å²) >= 11 is 0. The van der Waals surface area contributed by atoms with E-state index in [2.05, 4.69) is 62.4 Å². The van der Waals surface area contributed by atoms with Gasteiger partial charge in [-0.05, 0) is 29.5 Å². The summed E-state index contributed by atoms with van der Waals surface area (Å²) in [7, 11) is 0. The van der Waals surface area contributed by atoms with Gasteiger partial charge in [-0.15, -0.1) is 0 Å². The fraction of sp³-hybridized carbons (Fsp3) is 0.333. The highest BCUT2D eigenvalue weighted by Gasteiger charge is 2.28. The zero-order valence-corrected chi connectivity index (χ0v) is 11.9. The van der Waals surface area contributed by atoms with E-state index in [1.807, 2.05) is 6.07 Å². The van der Waals surface area contributed by atoms with Gasteiger partial charge in [0.15, 0.2) is 0 Å². The van der Waals surface area contributed by atoms with Crippen LogP contribution in [0.25, 0.3) is 0 Å². The van der Waals surface area contributed by atoms with E-state index >= 15 is 0 Å². The van der Waals surface area contributed by atoms with Gasteiger partial charge in [0.05, 0.1) is 5.54 Å². The smallest absolute Gasteiger partial charge is 0.0665 e. The van der Waals surface area contributed by atoms with Crippen LogP contribution in [-0.2, 0) is 12.0 Å². The van der Waals surface area contributed by atoms with Crippen molar-refractivity contribution in [2.45, 2.75) is 38.6 Å². The molecule has 0 amide bonds. The largest absolute Gasteiger partial charge is 0.318 e. The third-order valence-corrected chi connectivity index (χ3v) is 3.81. The van der Waals surface area contributed by atoms with Crippen molar-refractivity contribution < 1.29 is 0 Å². The zero-order valence-electron chi connectivity index (χ0n) is 11.9. The van der Waals surface area contributed by atoms with E-state index in [4.69, 9.17) is 5.73 Å². The molecule has 0 aliphatic carbocycles. The maximum atomic E-state index is 6.74. The van der Waals surface area contributed by atoms with Crippen LogP contribution in [-0.4, -0.2) is 0 Å². The lowest BCUT2D eigenvalue weighted by Gasteiger charge is -2.30. The van der Waals surface area contributed by atoms with Crippen LogP contribution >= 0.6 is 0 Å². The van der Waals surface area contributed by atoms with Crippen LogP contribution in [0.15, 0.2) is 54.6 Å². The topological polar surface area (TPSA) is 26.0 Å². The molecule has 2 N–H and O–H groups in total. The standard InChI is InChI=1S/C18H23N/c1-3-14-18(19,16-8-6-5-7-9-16)17-12-10-15(4-2)11-13-17/h5-13H,3-4,14,19H2,1-2H3. The van der Waals surface area contributed by atoms with E-state index in [1.54, 1.807) is 0 Å². The third-order valence-electron chi connectivity index (χ3n) is 3.81. The highest BCUT2D eigenvalue weighted by atomic mass is 14.7. The van der Waals surface area contributed by atoms with Gasteiger partial charge in [0.1, 0.15) is 0 Å². The molecule has 1 nitrogen and oxygen atoms in total. The molecule has 0 heterocycles. The number of rotatable bonds is 5. The molecule has 0 fully saturated rings. The van der Waals surface area contributed by atoms with Crippen molar-refractivity contribution in [2.75, 3.05) is 0 Å². The number of hydrogen-bond donors (Lipinski definition) is 1. The van der Waals surface area contributed by atoms with Crippen LogP contribution < -0.4 is 5.73 Å². The summed E-state index contributed by atoms with van der Waals surface area (Å²) in [6.07, 6.45) is 3.10. The summed E-state index contributed by atoms with van der Waals surface area (Å²) in [5.41, 5.74) is 10.1. The fourth-order valence-corrected chi connectivity index (χ4v) is 2.62. The first-order valence-electron chi connectivity index (χ1n) is 7.14. The summed E-state index contributed by atoms with van der Waals surface area (Å²) in [6, 6.07) is 19.2. The Morgan fingerprint density at radius 3 is 1.95 bits per heavy atom. The van der Waals surface area contributed by atoms with Gasteiger partial charge in [-0.3, -0.25) is 0 Å². The monoisotopic (exact) mass is 253 g/mol. The van der Waals surface area contributed by atoms with Gasteiger partial charge in [0, 0.05) is 0 Å². The van der Waals surface area contributed by atoms with Gasteiger partial charge < -0.3 is 5.73 Å². The lowest BCUT2D eigenvalue weighted by Crippen LogP contribution is -2.37. The molecule has 1 atom stereocenters. The summed E-state index contributed by atoms with van der Waals surface area (Å²) in [4.78, 5) is 0. The predicted molar refractivity (Wildman–Crippen MR) is 82.1 cm³/mol. The Hall–Kier alpha value is -1.60. The highest BCUT2D eigenvalue weighted by molar-refractivity contribution is 5.39. The first-order valence-corrected chi connectivity index (χ1v) is 7.14. The molecule has 1 unspecified atom stereocenters. The minimum Gasteiger partial charge on any atom is -0.318 e. The van der Waals surface area contributed by atoms with E-state index in [9.17, 15) is 0 Å². The van der Waals surface area contributed by atoms with Crippen molar-refractivity contribution >= 4 is 0 Å². The third kappa shape index (κ3) is 2.87. The predicted octanol–water partition coefficient (Wildman–Crippen LogP) is 4.25. The molecule has 0 spiro atoms. The van der Waals surface area contributed by atoms with Crippen molar-refractivity contribution in [2.24, 2.45) is 5.73 Å². The van der Waals surface area contributed by atoms with E-state index in [0.717, 1.165) is 19.3 Å². The molecular weight excluding hydrogens is 230 g/mol. The molecule has 2 rings (SSSR count). The molecule has 0 aliphatic rings. The average molecular weight is 253 g/mol. The molecule has 2 aromatic rings. The Balaban J connectivity index is 2.43. The Morgan fingerprint density at radius 1 is 0.842 bits per heavy atom. The van der Waals surface area contributed by atoms with E-state index in [1.165, 1.54) is 16.7 Å². The summed E-state index contributed by atoms with van der Waals surface area (Å²) in [5.74, 6) is 0. The minimum atomic E-state index is -0.373. The maximum Gasteiger partial charge on any atom is 0.0665 e. The van der Waals surface area contributed by atoms with Crippen LogP contribution in [0, 0.1) is 0 Å². The first-order chi connectivity index (χ1) is 9.20. The van der Waals surface area contributed by atoms with E-state index in [0.29, 0.717) is 0 Å². The summed E-state index contributed by atoms with van der Waals surface area (Å²) < 4.78 is 0. The normalized spacial score (nSPS) is 14.1. The van der Waals surface area contributed by atoms with Crippen molar-refractivity contribution in [3.8, 4) is 0 Å².